The summed E-state index contributed by atoms with van der Waals surface area (Å²) in [6.07, 6.45) is -6.63. The molecule has 1 aliphatic rings. The molecule has 6 atom stereocenters. The Kier molecular flexibility index (Phi) is 6.93. The van der Waals surface area contributed by atoms with Crippen molar-refractivity contribution in [1.29, 1.82) is 0 Å². The van der Waals surface area contributed by atoms with E-state index in [4.69, 9.17) is 14.6 Å². The van der Waals surface area contributed by atoms with Crippen molar-refractivity contribution in [1.82, 2.24) is 10.6 Å². The van der Waals surface area contributed by atoms with Crippen LogP contribution in [0, 0.1) is 0 Å². The van der Waals surface area contributed by atoms with Crippen molar-refractivity contribution < 1.29 is 39.5 Å². The van der Waals surface area contributed by atoms with Gasteiger partial charge in [0, 0.05) is 0 Å². The van der Waals surface area contributed by atoms with Crippen molar-refractivity contribution in [3.05, 3.63) is 0 Å². The summed E-state index contributed by atoms with van der Waals surface area (Å²) in [5.41, 5.74) is -0.729. The van der Waals surface area contributed by atoms with Crippen molar-refractivity contribution in [2.75, 3.05) is 6.61 Å². The average Bonchev–Trinajstić information content (AvgIpc) is 2.44. The minimum Gasteiger partial charge on any atom is -0.444 e. The lowest BCUT2D eigenvalue weighted by atomic mass is 9.97. The van der Waals surface area contributed by atoms with Crippen molar-refractivity contribution in [3.63, 3.8) is 0 Å². The lowest BCUT2D eigenvalue weighted by Crippen LogP contribution is -2.65. The largest absolute Gasteiger partial charge is 0.444 e. The second-order valence-electron chi connectivity index (χ2n) is 6.63. The van der Waals surface area contributed by atoms with Crippen molar-refractivity contribution in [2.24, 2.45) is 0 Å². The van der Waals surface area contributed by atoms with E-state index in [0.717, 1.165) is 0 Å². The van der Waals surface area contributed by atoms with E-state index in [2.05, 4.69) is 10.6 Å². The van der Waals surface area contributed by atoms with Crippen LogP contribution < -0.4 is 10.6 Å². The molecule has 2 unspecified atom stereocenters. The molecule has 1 heterocycles. The molecule has 6 N–H and O–H groups in total. The number of hydrogen-bond acceptors (Lipinski definition) is 8. The molecular weight excluding hydrogens is 324 g/mol. The first-order chi connectivity index (χ1) is 11.0. The molecule has 0 radical (unpaired) electrons. The zero-order chi connectivity index (χ0) is 18.7. The number of nitrogens with one attached hydrogen (secondary N) is 2. The summed E-state index contributed by atoms with van der Waals surface area (Å²) in [4.78, 5) is 23.7. The van der Waals surface area contributed by atoms with Gasteiger partial charge in [0.15, 0.2) is 6.29 Å². The Balaban J connectivity index is 2.61. The summed E-state index contributed by atoms with van der Waals surface area (Å²) in [5.74, 6) is -0.720. The third-order valence-corrected chi connectivity index (χ3v) is 3.34. The molecule has 1 fully saturated rings. The zero-order valence-electron chi connectivity index (χ0n) is 14.1. The first-order valence-corrected chi connectivity index (χ1v) is 7.56. The maximum atomic E-state index is 12.1. The molecule has 24 heavy (non-hydrogen) atoms. The lowest BCUT2D eigenvalue weighted by Gasteiger charge is -2.40. The van der Waals surface area contributed by atoms with Gasteiger partial charge in [0.05, 0.1) is 6.61 Å². The number of alkyl carbamates (subject to hydrolysis) is 1. The minimum absolute atomic E-state index is 0.605. The Morgan fingerprint density at radius 1 is 1.21 bits per heavy atom. The summed E-state index contributed by atoms with van der Waals surface area (Å²) in [6.45, 7) is 5.79. The molecule has 0 spiro atoms. The lowest BCUT2D eigenvalue weighted by molar-refractivity contribution is -0.253. The third-order valence-electron chi connectivity index (χ3n) is 3.34. The highest BCUT2D eigenvalue weighted by Gasteiger charge is 2.44. The van der Waals surface area contributed by atoms with E-state index in [1.54, 1.807) is 20.8 Å². The van der Waals surface area contributed by atoms with Crippen molar-refractivity contribution in [3.8, 4) is 0 Å². The summed E-state index contributed by atoms with van der Waals surface area (Å²) in [5, 5.41) is 43.1. The summed E-state index contributed by atoms with van der Waals surface area (Å²) < 4.78 is 9.94. The van der Waals surface area contributed by atoms with Gasteiger partial charge in [-0.2, -0.15) is 0 Å². The van der Waals surface area contributed by atoms with Gasteiger partial charge >= 0.3 is 6.09 Å². The fraction of sp³-hybridized carbons (Fsp3) is 0.857. The molecular formula is C14H26N2O8. The Bertz CT molecular complexity index is 453. The number of aliphatic hydroxyl groups is 4. The van der Waals surface area contributed by atoms with E-state index >= 15 is 0 Å². The average molecular weight is 350 g/mol. The molecule has 0 saturated carbocycles. The molecule has 0 aromatic heterocycles. The summed E-state index contributed by atoms with van der Waals surface area (Å²) >= 11 is 0. The van der Waals surface area contributed by atoms with Gasteiger partial charge in [0.1, 0.15) is 36.0 Å². The number of rotatable bonds is 4. The van der Waals surface area contributed by atoms with Crippen LogP contribution in [0.2, 0.25) is 0 Å². The van der Waals surface area contributed by atoms with Gasteiger partial charge in [-0.25, -0.2) is 4.79 Å². The number of carbonyl (C=O) groups excluding carboxylic acids is 2. The first-order valence-electron chi connectivity index (χ1n) is 7.56. The predicted octanol–water partition coefficient (Wildman–Crippen LogP) is -2.18. The van der Waals surface area contributed by atoms with Crippen LogP contribution in [0.15, 0.2) is 0 Å². The highest BCUT2D eigenvalue weighted by Crippen LogP contribution is 2.19. The van der Waals surface area contributed by atoms with Crippen LogP contribution in [0.1, 0.15) is 27.7 Å². The van der Waals surface area contributed by atoms with E-state index in [-0.39, 0.29) is 0 Å². The molecule has 10 heteroatoms. The fourth-order valence-corrected chi connectivity index (χ4v) is 2.09. The topological polar surface area (TPSA) is 158 Å². The van der Waals surface area contributed by atoms with Gasteiger partial charge in [-0.15, -0.1) is 0 Å². The maximum Gasteiger partial charge on any atom is 0.408 e. The standard InChI is InChI=1S/C14H26N2O8/c1-6(15-13(22)24-14(2,3)4)11(20)16-8-10(19)9(18)7(5-17)23-12(8)21/h6-10,12,17-19,21H,5H2,1-4H3,(H,15,22)(H,16,20)/t6-,7?,8-,9+,10?,12+/m0/s1. The second kappa shape index (κ2) is 8.08. The van der Waals surface area contributed by atoms with E-state index in [9.17, 15) is 24.9 Å². The normalized spacial score (nSPS) is 31.9. The third kappa shape index (κ3) is 5.56. The molecule has 140 valence electrons. The van der Waals surface area contributed by atoms with Crippen LogP contribution in [0.3, 0.4) is 0 Å². The highest BCUT2D eigenvalue weighted by molar-refractivity contribution is 5.85. The van der Waals surface area contributed by atoms with Crippen molar-refractivity contribution >= 4 is 12.0 Å². The molecule has 1 aliphatic heterocycles. The number of amides is 2. The van der Waals surface area contributed by atoms with Crippen LogP contribution in [-0.2, 0) is 14.3 Å². The van der Waals surface area contributed by atoms with Gasteiger partial charge in [0.25, 0.3) is 0 Å². The van der Waals surface area contributed by atoms with E-state index < -0.39 is 60.9 Å². The van der Waals surface area contributed by atoms with Crippen molar-refractivity contribution in [2.45, 2.75) is 70.0 Å². The molecule has 1 saturated heterocycles. The molecule has 2 amide bonds. The van der Waals surface area contributed by atoms with Crippen LogP contribution in [0.25, 0.3) is 0 Å². The Labute approximate surface area is 139 Å². The molecule has 0 aromatic carbocycles. The monoisotopic (exact) mass is 350 g/mol. The van der Waals surface area contributed by atoms with E-state index in [1.807, 2.05) is 0 Å². The number of hydrogen-bond donors (Lipinski definition) is 6. The molecule has 1 rings (SSSR count). The smallest absolute Gasteiger partial charge is 0.408 e. The Morgan fingerprint density at radius 3 is 2.29 bits per heavy atom. The van der Waals surface area contributed by atoms with Gasteiger partial charge in [-0.1, -0.05) is 0 Å². The second-order valence-corrected chi connectivity index (χ2v) is 6.63. The molecule has 0 aromatic rings. The number of ether oxygens (including phenoxy) is 2. The van der Waals surface area contributed by atoms with Gasteiger partial charge in [-0.05, 0) is 27.7 Å². The van der Waals surface area contributed by atoms with Crippen LogP contribution in [-0.4, -0.2) is 81.3 Å². The number of carbonyl (C=O) groups is 2. The van der Waals surface area contributed by atoms with E-state index in [0.29, 0.717) is 0 Å². The van der Waals surface area contributed by atoms with E-state index in [1.165, 1.54) is 6.92 Å². The van der Waals surface area contributed by atoms with Crippen LogP contribution >= 0.6 is 0 Å². The van der Waals surface area contributed by atoms with Gasteiger partial charge < -0.3 is 40.5 Å². The minimum atomic E-state index is -1.63. The molecule has 10 nitrogen and oxygen atoms in total. The first kappa shape index (κ1) is 20.6. The maximum absolute atomic E-state index is 12.1. The fourth-order valence-electron chi connectivity index (χ4n) is 2.09. The quantitative estimate of drug-likeness (QED) is 0.334. The Morgan fingerprint density at radius 2 is 1.79 bits per heavy atom. The van der Waals surface area contributed by atoms with Gasteiger partial charge in [0.2, 0.25) is 5.91 Å². The summed E-state index contributed by atoms with van der Waals surface area (Å²) in [6, 6.07) is -2.34. The predicted molar refractivity (Wildman–Crippen MR) is 80.7 cm³/mol. The molecule has 0 bridgehead atoms. The van der Waals surface area contributed by atoms with Crippen LogP contribution in [0.5, 0.6) is 0 Å². The highest BCUT2D eigenvalue weighted by atomic mass is 16.6. The summed E-state index contributed by atoms with van der Waals surface area (Å²) in [7, 11) is 0. The SMILES string of the molecule is C[C@H](NC(=O)OC(C)(C)C)C(=O)N[C@H]1C(O)[C@H](O)C(CO)O[C@H]1O. The van der Waals surface area contributed by atoms with Gasteiger partial charge in [-0.3, -0.25) is 4.79 Å². The Hall–Kier alpha value is -1.46. The van der Waals surface area contributed by atoms with Crippen LogP contribution in [0.4, 0.5) is 4.79 Å². The zero-order valence-corrected chi connectivity index (χ0v) is 14.1. The number of aliphatic hydroxyl groups excluding tert-OH is 4. The molecule has 0 aliphatic carbocycles.